The van der Waals surface area contributed by atoms with Crippen molar-refractivity contribution in [3.63, 3.8) is 0 Å². The first-order valence-corrected chi connectivity index (χ1v) is 29.1. The maximum Gasteiger partial charge on any atom is 0.312 e. The molecule has 1 unspecified atom stereocenters. The Balaban J connectivity index is 0.986. The van der Waals surface area contributed by atoms with Crippen LogP contribution in [0.5, 0.6) is 23.0 Å². The number of halogens is 2. The fraction of sp³-hybridized carbons (Fsp3) is 0.500. The second-order valence-electron chi connectivity index (χ2n) is 23.5. The number of hydrogen-bond donors (Lipinski definition) is 7. The second kappa shape index (κ2) is 24.4. The van der Waals surface area contributed by atoms with Crippen LogP contribution in [-0.4, -0.2) is 140 Å². The van der Waals surface area contributed by atoms with Gasteiger partial charge in [-0.25, -0.2) is 4.39 Å². The number of pyridine rings is 1. The molecule has 5 aliphatic heterocycles. The first-order chi connectivity index (χ1) is 40.2. The molecule has 3 aromatic carbocycles. The molecule has 7 N–H and O–H groups in total. The number of carbonyl (C=O) groups excluding carboxylic acids is 5. The van der Waals surface area contributed by atoms with E-state index >= 15 is 4.39 Å². The third kappa shape index (κ3) is 11.8. The van der Waals surface area contributed by atoms with Crippen LogP contribution in [0.3, 0.4) is 0 Å². The van der Waals surface area contributed by atoms with Crippen molar-refractivity contribution in [2.24, 2.45) is 34.7 Å². The van der Waals surface area contributed by atoms with Gasteiger partial charge < -0.3 is 64.6 Å². The Labute approximate surface area is 495 Å². The first-order valence-electron chi connectivity index (χ1n) is 28.7. The van der Waals surface area contributed by atoms with Crippen LogP contribution in [0.4, 0.5) is 15.8 Å². The molecule has 456 valence electrons. The van der Waals surface area contributed by atoms with Crippen molar-refractivity contribution >= 4 is 80.2 Å². The summed E-state index contributed by atoms with van der Waals surface area (Å²) in [5.41, 5.74) is -0.931. The number of phenolic OH excluding ortho intramolecular Hbond substituents is 3. The predicted molar refractivity (Wildman–Crippen MR) is 316 cm³/mol. The summed E-state index contributed by atoms with van der Waals surface area (Å²) < 4.78 is 41.6. The van der Waals surface area contributed by atoms with E-state index in [2.05, 4.69) is 15.7 Å². The number of amides is 2. The number of hydrogen-bond acceptors (Lipinski definition) is 18. The number of phenols is 3. The van der Waals surface area contributed by atoms with Crippen molar-refractivity contribution in [3.8, 4) is 23.0 Å². The summed E-state index contributed by atoms with van der Waals surface area (Å²) in [5, 5.41) is 71.0. The van der Waals surface area contributed by atoms with Gasteiger partial charge in [0.1, 0.15) is 29.2 Å². The number of aromatic nitrogens is 1. The molecule has 3 fully saturated rings. The average molecular weight is 1200 g/mol. The van der Waals surface area contributed by atoms with Crippen LogP contribution in [0.15, 0.2) is 58.3 Å². The fourth-order valence-corrected chi connectivity index (χ4v) is 12.7. The molecule has 1 aliphatic carbocycles. The van der Waals surface area contributed by atoms with Gasteiger partial charge >= 0.3 is 11.8 Å². The van der Waals surface area contributed by atoms with Crippen LogP contribution in [0.1, 0.15) is 125 Å². The summed E-state index contributed by atoms with van der Waals surface area (Å²) in [5.74, 6) is -11.0. The summed E-state index contributed by atoms with van der Waals surface area (Å²) in [6.07, 6.45) is 8.70. The van der Waals surface area contributed by atoms with Crippen molar-refractivity contribution < 1.29 is 72.8 Å². The molecule has 1 aromatic heterocycles. The quantitative estimate of drug-likeness (QED) is 0.0276. The van der Waals surface area contributed by atoms with Gasteiger partial charge in [0.25, 0.3) is 11.7 Å². The number of Topliss-reactive ketones (excluding diaryl/α,β-unsaturated/α-hetero) is 2. The van der Waals surface area contributed by atoms with Gasteiger partial charge in [0.05, 0.1) is 80.2 Å². The molecular formula is C62H74ClFN6O15. The summed E-state index contributed by atoms with van der Waals surface area (Å²) in [6.45, 7) is 14.7. The smallest absolute Gasteiger partial charge is 0.312 e. The Morgan fingerprint density at radius 1 is 0.918 bits per heavy atom. The van der Waals surface area contributed by atoms with Crippen LogP contribution in [0.25, 0.3) is 21.7 Å². The highest BCUT2D eigenvalue weighted by Gasteiger charge is 2.50. The molecule has 0 spiro atoms. The number of piperidine rings is 1. The van der Waals surface area contributed by atoms with Crippen LogP contribution in [-0.2, 0) is 28.6 Å². The van der Waals surface area contributed by atoms with Crippen LogP contribution >= 0.6 is 11.6 Å². The van der Waals surface area contributed by atoms with Crippen molar-refractivity contribution in [1.29, 1.82) is 0 Å². The number of aliphatic hydroxyl groups is 2. The molecule has 6 heterocycles. The predicted octanol–water partition coefficient (Wildman–Crippen LogP) is 7.84. The number of aromatic hydroxyl groups is 3. The zero-order chi connectivity index (χ0) is 61.8. The number of ketones is 2. The molecule has 23 heteroatoms. The molecule has 2 saturated heterocycles. The van der Waals surface area contributed by atoms with Gasteiger partial charge in [-0.05, 0) is 65.0 Å². The third-order valence-electron chi connectivity index (χ3n) is 17.6. The van der Waals surface area contributed by atoms with E-state index in [4.69, 9.17) is 30.5 Å². The van der Waals surface area contributed by atoms with E-state index in [1.165, 1.54) is 72.6 Å². The van der Waals surface area contributed by atoms with E-state index in [0.29, 0.717) is 31.3 Å². The lowest BCUT2D eigenvalue weighted by atomic mass is 9.78. The number of aliphatic hydroxyl groups excluding tert-OH is 2. The van der Waals surface area contributed by atoms with Crippen molar-refractivity contribution in [1.82, 2.24) is 14.9 Å². The lowest BCUT2D eigenvalue weighted by molar-refractivity contribution is -0.160. The highest BCUT2D eigenvalue weighted by molar-refractivity contribution is 6.38. The number of hydrazone groups is 1. The summed E-state index contributed by atoms with van der Waals surface area (Å²) in [4.78, 5) is 82.6. The van der Waals surface area contributed by atoms with Gasteiger partial charge in [-0.1, -0.05) is 57.5 Å². The Bertz CT molecular complexity index is 3570. The maximum atomic E-state index is 16.0. The Hall–Kier alpha value is -7.53. The molecule has 10 rings (SSSR count). The third-order valence-corrected chi connectivity index (χ3v) is 17.9. The molecular weight excluding hydrogens is 1120 g/mol. The van der Waals surface area contributed by atoms with Crippen molar-refractivity contribution in [2.75, 3.05) is 43.5 Å². The first kappa shape index (κ1) is 62.0. The number of fused-ring (bicyclic) bond motifs is 15. The Morgan fingerprint density at radius 3 is 2.26 bits per heavy atom. The van der Waals surface area contributed by atoms with E-state index in [-0.39, 0.29) is 98.4 Å². The fourth-order valence-electron chi connectivity index (χ4n) is 12.3. The van der Waals surface area contributed by atoms with Gasteiger partial charge in [-0.2, -0.15) is 5.10 Å². The number of rotatable bonds is 9. The number of ether oxygens (including phenoxy) is 4. The highest BCUT2D eigenvalue weighted by Crippen LogP contribution is 2.55. The van der Waals surface area contributed by atoms with Gasteiger partial charge in [-0.15, -0.1) is 0 Å². The molecule has 1 saturated carbocycles. The number of nitrogens with zero attached hydrogens (tertiary/aromatic N) is 4. The zero-order valence-electron chi connectivity index (χ0n) is 49.2. The number of benzene rings is 3. The monoisotopic (exact) mass is 1200 g/mol. The largest absolute Gasteiger partial charge is 0.507 e. The minimum absolute atomic E-state index is 0.00877. The molecule has 2 amide bonds. The van der Waals surface area contributed by atoms with Crippen LogP contribution in [0, 0.1) is 42.3 Å². The summed E-state index contributed by atoms with van der Waals surface area (Å²) >= 11 is 6.96. The molecule has 6 aliphatic rings. The normalized spacial score (nSPS) is 28.5. The maximum absolute atomic E-state index is 16.0. The minimum atomic E-state index is -2.14. The average Bonchev–Trinajstić information content (AvgIpc) is 1.78. The van der Waals surface area contributed by atoms with Crippen molar-refractivity contribution in [3.05, 3.63) is 91.7 Å². The molecule has 85 heavy (non-hydrogen) atoms. The summed E-state index contributed by atoms with van der Waals surface area (Å²) in [7, 11) is 1.41. The molecule has 0 radical (unpaired) electrons. The van der Waals surface area contributed by atoms with Crippen molar-refractivity contribution in [2.45, 2.75) is 137 Å². The number of nitrogens with one attached hydrogen (secondary N) is 2. The van der Waals surface area contributed by atoms with Crippen LogP contribution in [0.2, 0.25) is 5.02 Å². The van der Waals surface area contributed by atoms with Gasteiger partial charge in [0.15, 0.2) is 17.0 Å². The molecule has 10 atom stereocenters. The van der Waals surface area contributed by atoms with E-state index in [1.54, 1.807) is 54.3 Å². The van der Waals surface area contributed by atoms with E-state index < -0.39 is 117 Å². The zero-order valence-corrected chi connectivity index (χ0v) is 50.0. The number of esters is 1. The Kier molecular flexibility index (Phi) is 17.8. The van der Waals surface area contributed by atoms with E-state index in [0.717, 1.165) is 18.9 Å². The SMILES string of the molecule is CO[C@H]1/C=C/O[C@@]2(C)Oc3c(C)c(O)c4c(O)c(c(/C=N/N5CCC(C(=O)NC6CCN(c7c(F)cc8c(=O)c(C(C)=O)cn(C9CC9)c8c7Cl)C6)CC5)c(O)c4c3C2=O)NC(=O)/C(C)=C\C=C\[C@H](C)[C@H](O)[C@@H](C)[C@@H](O)[C@@H](C)[C@H](OC(C)=O)[C@@H]1C. The van der Waals surface area contributed by atoms with Gasteiger partial charge in [-0.3, -0.25) is 33.8 Å². The lowest BCUT2D eigenvalue weighted by Crippen LogP contribution is -2.46. The Morgan fingerprint density at radius 2 is 1.61 bits per heavy atom. The number of anilines is 2. The van der Waals surface area contributed by atoms with Crippen LogP contribution < -0.4 is 25.7 Å². The number of carbonyl (C=O) groups is 5. The minimum Gasteiger partial charge on any atom is -0.507 e. The standard InChI is InChI=1S/C62H74ClFN6O15/c1-28-12-11-13-29(2)60(80)67-48-40(25-65-69-21-16-36(17-22-69)61(81)66-37-18-20-68(26-37)50-42(64)24-39-49(47(50)63)70(38-14-15-38)27-41(34(7)71)54(39)76)55(77)44-45(56(48)78)53(75)33(6)58-46(44)59(79)62(9,85-58)83-23-19-43(82-10)30(3)57(84-35(8)72)32(5)52(74)31(4)51(28)73/h11-13,19,23-25,27-28,30-32,36-38,43,51-52,57,73-75,77-78H,14-18,20-22,26H2,1-10H3,(H,66,81)(H,67,80)/b12-11+,23-19+,29-13-,65-25+/t28-,30+,31+,32+,37?,43-,51-,52+,57+,62-/m0/s1. The molecule has 4 aromatic rings. The highest BCUT2D eigenvalue weighted by atomic mass is 35.5. The summed E-state index contributed by atoms with van der Waals surface area (Å²) in [6, 6.07) is 0.802. The van der Waals surface area contributed by atoms with Gasteiger partial charge in [0, 0.05) is 112 Å². The second-order valence-corrected chi connectivity index (χ2v) is 23.9. The topological polar surface area (TPSA) is 288 Å². The van der Waals surface area contributed by atoms with E-state index in [1.807, 2.05) is 0 Å². The molecule has 5 bridgehead atoms. The number of allylic oxidation sites excluding steroid dienone is 2. The number of methoxy groups -OCH3 is 1. The molecule has 21 nitrogen and oxygen atoms in total. The lowest BCUT2D eigenvalue weighted by Gasteiger charge is -2.38. The van der Waals surface area contributed by atoms with E-state index in [9.17, 15) is 54.3 Å². The van der Waals surface area contributed by atoms with Gasteiger partial charge in [0.2, 0.25) is 5.91 Å².